The Balaban J connectivity index is 1.80. The van der Waals surface area contributed by atoms with Gasteiger partial charge in [-0.15, -0.1) is 11.8 Å². The average molecular weight is 298 g/mol. The molecule has 1 unspecified atom stereocenters. The number of hydrogen-bond acceptors (Lipinski definition) is 2. The Bertz CT molecular complexity index is 379. The van der Waals surface area contributed by atoms with E-state index in [1.807, 2.05) is 23.9 Å². The van der Waals surface area contributed by atoms with E-state index in [4.69, 9.17) is 11.6 Å². The first-order chi connectivity index (χ1) is 9.28. The molecule has 2 rings (SSSR count). The number of nitrogens with one attached hydrogen (secondary N) is 1. The Hall–Kier alpha value is -0.180. The maximum atomic E-state index is 6.03. The first-order valence-electron chi connectivity index (χ1n) is 7.39. The van der Waals surface area contributed by atoms with Crippen LogP contribution in [0.4, 0.5) is 0 Å². The van der Waals surface area contributed by atoms with Crippen molar-refractivity contribution >= 4 is 23.4 Å². The van der Waals surface area contributed by atoms with Gasteiger partial charge in [0.2, 0.25) is 0 Å². The van der Waals surface area contributed by atoms with Crippen molar-refractivity contribution in [1.29, 1.82) is 0 Å². The zero-order chi connectivity index (χ0) is 13.5. The lowest BCUT2D eigenvalue weighted by atomic mass is 9.81. The highest BCUT2D eigenvalue weighted by Gasteiger charge is 2.21. The van der Waals surface area contributed by atoms with Gasteiger partial charge in [-0.1, -0.05) is 43.9 Å². The van der Waals surface area contributed by atoms with Crippen LogP contribution in [0.5, 0.6) is 0 Å². The van der Waals surface area contributed by atoms with Gasteiger partial charge in [0.25, 0.3) is 0 Å². The van der Waals surface area contributed by atoms with Crippen LogP contribution in [-0.4, -0.2) is 18.3 Å². The maximum Gasteiger partial charge on any atom is 0.0417 e. The van der Waals surface area contributed by atoms with Crippen LogP contribution in [0.1, 0.15) is 39.0 Å². The molecule has 1 aliphatic carbocycles. The summed E-state index contributed by atoms with van der Waals surface area (Å²) >= 11 is 7.95. The molecule has 106 valence electrons. The minimum absolute atomic E-state index is 0.647. The zero-order valence-electron chi connectivity index (χ0n) is 11.7. The van der Waals surface area contributed by atoms with E-state index in [0.29, 0.717) is 6.04 Å². The predicted molar refractivity (Wildman–Crippen MR) is 86.2 cm³/mol. The topological polar surface area (TPSA) is 12.0 Å². The van der Waals surface area contributed by atoms with Crippen LogP contribution in [0.15, 0.2) is 29.2 Å². The van der Waals surface area contributed by atoms with Crippen LogP contribution in [0.3, 0.4) is 0 Å². The van der Waals surface area contributed by atoms with E-state index in [9.17, 15) is 0 Å². The van der Waals surface area contributed by atoms with E-state index in [1.165, 1.54) is 37.0 Å². The van der Waals surface area contributed by atoms with E-state index in [0.717, 1.165) is 23.2 Å². The molecule has 1 nitrogen and oxygen atoms in total. The summed E-state index contributed by atoms with van der Waals surface area (Å²) in [5.41, 5.74) is 0. The van der Waals surface area contributed by atoms with Gasteiger partial charge in [-0.05, 0) is 43.5 Å². The molecule has 0 heterocycles. The third kappa shape index (κ3) is 5.37. The molecular weight excluding hydrogens is 274 g/mol. The Morgan fingerprint density at radius 3 is 2.89 bits per heavy atom. The average Bonchev–Trinajstić information content (AvgIpc) is 2.36. The summed E-state index contributed by atoms with van der Waals surface area (Å²) in [6, 6.07) is 8.83. The lowest BCUT2D eigenvalue weighted by Gasteiger charge is -2.30. The second-order valence-electron chi connectivity index (χ2n) is 5.45. The molecule has 1 aromatic carbocycles. The predicted octanol–water partition coefficient (Wildman–Crippen LogP) is 4.99. The number of rotatable bonds is 8. The molecule has 0 radical (unpaired) electrons. The zero-order valence-corrected chi connectivity index (χ0v) is 13.3. The van der Waals surface area contributed by atoms with Gasteiger partial charge < -0.3 is 5.32 Å². The number of benzene rings is 1. The molecule has 1 aliphatic rings. The third-order valence-corrected chi connectivity index (χ3v) is 5.16. The number of thioether (sulfide) groups is 1. The van der Waals surface area contributed by atoms with Gasteiger partial charge >= 0.3 is 0 Å². The van der Waals surface area contributed by atoms with Crippen LogP contribution in [0, 0.1) is 5.92 Å². The molecule has 0 saturated heterocycles. The summed E-state index contributed by atoms with van der Waals surface area (Å²) in [6.45, 7) is 3.37. The van der Waals surface area contributed by atoms with Gasteiger partial charge in [-0.3, -0.25) is 0 Å². The normalized spacial score (nSPS) is 17.2. The molecule has 0 amide bonds. The molecule has 3 heteroatoms. The summed E-state index contributed by atoms with van der Waals surface area (Å²) in [5, 5.41) is 4.53. The van der Waals surface area contributed by atoms with Crippen molar-refractivity contribution in [3.05, 3.63) is 29.3 Å². The molecule has 0 aromatic heterocycles. The van der Waals surface area contributed by atoms with Gasteiger partial charge in [0, 0.05) is 21.7 Å². The van der Waals surface area contributed by atoms with Crippen molar-refractivity contribution in [3.63, 3.8) is 0 Å². The summed E-state index contributed by atoms with van der Waals surface area (Å²) in [7, 11) is 0. The van der Waals surface area contributed by atoms with Crippen molar-refractivity contribution in [1.82, 2.24) is 5.32 Å². The minimum atomic E-state index is 0.647. The van der Waals surface area contributed by atoms with Gasteiger partial charge in [0.05, 0.1) is 0 Å². The van der Waals surface area contributed by atoms with Gasteiger partial charge in [-0.25, -0.2) is 0 Å². The molecule has 19 heavy (non-hydrogen) atoms. The molecule has 1 fully saturated rings. The van der Waals surface area contributed by atoms with Crippen LogP contribution in [-0.2, 0) is 0 Å². The first-order valence-corrected chi connectivity index (χ1v) is 8.76. The molecule has 0 spiro atoms. The van der Waals surface area contributed by atoms with Crippen molar-refractivity contribution in [3.8, 4) is 0 Å². The molecule has 1 atom stereocenters. The van der Waals surface area contributed by atoms with Gasteiger partial charge in [-0.2, -0.15) is 0 Å². The summed E-state index contributed by atoms with van der Waals surface area (Å²) < 4.78 is 0. The summed E-state index contributed by atoms with van der Waals surface area (Å²) in [4.78, 5) is 1.28. The number of hydrogen-bond donors (Lipinski definition) is 1. The molecule has 1 aromatic rings. The molecule has 1 saturated carbocycles. The van der Waals surface area contributed by atoms with E-state index in [2.05, 4.69) is 24.4 Å². The SMILES string of the molecule is CCCNC(CSc1cccc(Cl)c1)CC1CCC1. The number of halogens is 1. The quantitative estimate of drug-likeness (QED) is 0.678. The van der Waals surface area contributed by atoms with E-state index < -0.39 is 0 Å². The van der Waals surface area contributed by atoms with Crippen molar-refractivity contribution < 1.29 is 0 Å². The van der Waals surface area contributed by atoms with Crippen LogP contribution >= 0.6 is 23.4 Å². The Kier molecular flexibility index (Phi) is 6.55. The smallest absolute Gasteiger partial charge is 0.0417 e. The lowest BCUT2D eigenvalue weighted by Crippen LogP contribution is -2.35. The highest BCUT2D eigenvalue weighted by molar-refractivity contribution is 7.99. The van der Waals surface area contributed by atoms with Crippen molar-refractivity contribution in [2.24, 2.45) is 5.92 Å². The minimum Gasteiger partial charge on any atom is -0.313 e. The van der Waals surface area contributed by atoms with Crippen molar-refractivity contribution in [2.75, 3.05) is 12.3 Å². The van der Waals surface area contributed by atoms with Gasteiger partial charge in [0.1, 0.15) is 0 Å². The first kappa shape index (κ1) is 15.2. The molecule has 0 aliphatic heterocycles. The van der Waals surface area contributed by atoms with Crippen LogP contribution < -0.4 is 5.32 Å². The molecule has 0 bridgehead atoms. The summed E-state index contributed by atoms with van der Waals surface area (Å²) in [5.74, 6) is 2.12. The monoisotopic (exact) mass is 297 g/mol. The molecule has 1 N–H and O–H groups in total. The largest absolute Gasteiger partial charge is 0.313 e. The highest BCUT2D eigenvalue weighted by atomic mass is 35.5. The maximum absolute atomic E-state index is 6.03. The second-order valence-corrected chi connectivity index (χ2v) is 6.98. The van der Waals surface area contributed by atoms with E-state index in [-0.39, 0.29) is 0 Å². The van der Waals surface area contributed by atoms with E-state index >= 15 is 0 Å². The lowest BCUT2D eigenvalue weighted by molar-refractivity contribution is 0.268. The van der Waals surface area contributed by atoms with Gasteiger partial charge in [0.15, 0.2) is 0 Å². The van der Waals surface area contributed by atoms with Crippen molar-refractivity contribution in [2.45, 2.75) is 50.0 Å². The standard InChI is InChI=1S/C16H24ClNS/c1-2-9-18-15(10-13-5-3-6-13)12-19-16-8-4-7-14(17)11-16/h4,7-8,11,13,15,18H,2-3,5-6,9-10,12H2,1H3. The Morgan fingerprint density at radius 2 is 2.26 bits per heavy atom. The fraction of sp³-hybridized carbons (Fsp3) is 0.625. The second kappa shape index (κ2) is 8.18. The highest BCUT2D eigenvalue weighted by Crippen LogP contribution is 2.32. The molecular formula is C16H24ClNS. The Morgan fingerprint density at radius 1 is 1.42 bits per heavy atom. The Labute approximate surface area is 126 Å². The van der Waals surface area contributed by atoms with Crippen LogP contribution in [0.25, 0.3) is 0 Å². The fourth-order valence-corrected chi connectivity index (χ4v) is 3.73. The van der Waals surface area contributed by atoms with E-state index in [1.54, 1.807) is 0 Å². The third-order valence-electron chi connectivity index (χ3n) is 3.77. The summed E-state index contributed by atoms with van der Waals surface area (Å²) in [6.07, 6.45) is 6.86. The fourth-order valence-electron chi connectivity index (χ4n) is 2.44. The van der Waals surface area contributed by atoms with Crippen LogP contribution in [0.2, 0.25) is 5.02 Å².